The number of benzene rings is 2. The monoisotopic (exact) mass is 412 g/mol. The largest absolute Gasteiger partial charge is 0.250 e. The van der Waals surface area contributed by atoms with Crippen LogP contribution in [0, 0.1) is 5.92 Å². The van der Waals surface area contributed by atoms with Crippen LogP contribution in [-0.2, 0) is 18.3 Å². The summed E-state index contributed by atoms with van der Waals surface area (Å²) in [6.45, 7) is 5.33. The summed E-state index contributed by atoms with van der Waals surface area (Å²) >= 11 is 0. The average molecular weight is 413 g/mol. The third-order valence-electron chi connectivity index (χ3n) is 7.40. The lowest BCUT2D eigenvalue weighted by atomic mass is 9.60. The highest BCUT2D eigenvalue weighted by Crippen LogP contribution is 2.49. The minimum atomic E-state index is 0.241. The van der Waals surface area contributed by atoms with Crippen molar-refractivity contribution in [1.82, 2.24) is 0 Å². The van der Waals surface area contributed by atoms with Crippen molar-refractivity contribution in [2.75, 3.05) is 0 Å². The number of rotatable bonds is 9. The Labute approximate surface area is 188 Å². The highest BCUT2D eigenvalue weighted by Gasteiger charge is 2.40. The molecule has 0 amide bonds. The van der Waals surface area contributed by atoms with Gasteiger partial charge in [0.2, 0.25) is 0 Å². The van der Waals surface area contributed by atoms with Crippen molar-refractivity contribution in [1.29, 1.82) is 0 Å². The molecule has 0 bridgehead atoms. The molecule has 0 aliphatic heterocycles. The van der Waals surface area contributed by atoms with Crippen molar-refractivity contribution >= 4 is 12.6 Å². The molecule has 162 valence electrons. The van der Waals surface area contributed by atoms with E-state index >= 15 is 0 Å². The number of hydrogen-bond acceptors (Lipinski definition) is 1. The van der Waals surface area contributed by atoms with Gasteiger partial charge in [-0.15, -0.1) is 0 Å². The summed E-state index contributed by atoms with van der Waals surface area (Å²) in [5.74, 6) is 1.65. The van der Waals surface area contributed by atoms with E-state index in [1.807, 2.05) is 13.1 Å². The molecule has 0 radical (unpaired) electrons. The van der Waals surface area contributed by atoms with E-state index in [9.17, 15) is 0 Å². The molecule has 0 unspecified atom stereocenters. The molecule has 2 fully saturated rings. The van der Waals surface area contributed by atoms with Crippen LogP contribution in [0.15, 0.2) is 70.8 Å². The minimum absolute atomic E-state index is 0.241. The van der Waals surface area contributed by atoms with Crippen LogP contribution in [0.3, 0.4) is 0 Å². The van der Waals surface area contributed by atoms with Gasteiger partial charge in [0, 0.05) is 11.6 Å². The van der Waals surface area contributed by atoms with Crippen molar-refractivity contribution < 1.29 is 0 Å². The van der Waals surface area contributed by atoms with Crippen LogP contribution in [-0.4, -0.2) is 12.6 Å². The predicted octanol–water partition coefficient (Wildman–Crippen LogP) is 7.45. The number of hydrogen-bond donors (Lipinski definition) is 0. The molecule has 2 saturated carbocycles. The summed E-state index contributed by atoms with van der Waals surface area (Å²) in [5.41, 5.74) is 6.20. The Morgan fingerprint density at radius 2 is 1.61 bits per heavy atom. The second-order valence-electron chi connectivity index (χ2n) is 9.44. The van der Waals surface area contributed by atoms with Gasteiger partial charge < -0.3 is 0 Å². The molecular weight excluding hydrogens is 376 g/mol. The van der Waals surface area contributed by atoms with Crippen molar-refractivity contribution in [3.63, 3.8) is 0 Å². The first-order valence-electron chi connectivity index (χ1n) is 12.0. The van der Waals surface area contributed by atoms with Crippen molar-refractivity contribution in [2.24, 2.45) is 15.9 Å². The molecule has 0 atom stereocenters. The van der Waals surface area contributed by atoms with Gasteiger partial charge in [-0.1, -0.05) is 80.3 Å². The fourth-order valence-corrected chi connectivity index (χ4v) is 4.95. The van der Waals surface area contributed by atoms with Crippen molar-refractivity contribution in [3.8, 4) is 0 Å². The maximum atomic E-state index is 4.20. The van der Waals surface area contributed by atoms with E-state index in [-0.39, 0.29) is 5.41 Å². The molecular formula is C29H36N2. The smallest absolute Gasteiger partial charge is 0.124 e. The molecule has 0 N–H and O–H groups in total. The number of amidine groups is 1. The van der Waals surface area contributed by atoms with Gasteiger partial charge in [0.15, 0.2) is 0 Å². The molecule has 0 heterocycles. The van der Waals surface area contributed by atoms with Crippen LogP contribution in [0.5, 0.6) is 0 Å². The van der Waals surface area contributed by atoms with Gasteiger partial charge in [-0.3, -0.25) is 0 Å². The van der Waals surface area contributed by atoms with E-state index in [1.165, 1.54) is 67.2 Å². The van der Waals surface area contributed by atoms with E-state index < -0.39 is 0 Å². The van der Waals surface area contributed by atoms with E-state index in [0.717, 1.165) is 25.2 Å². The SMILES string of the molecule is C=N/C(C)=N\C=C/CCCc1ccc(C2(c3ccc(CC4CCC4)cc3)CCC2)cc1. The summed E-state index contributed by atoms with van der Waals surface area (Å²) in [7, 11) is 0. The summed E-state index contributed by atoms with van der Waals surface area (Å²) in [6.07, 6.45) is 16.7. The minimum Gasteiger partial charge on any atom is -0.250 e. The van der Waals surface area contributed by atoms with Gasteiger partial charge in [0.25, 0.3) is 0 Å². The molecule has 2 aromatic rings. The van der Waals surface area contributed by atoms with Crippen molar-refractivity contribution in [3.05, 3.63) is 83.1 Å². The van der Waals surface area contributed by atoms with E-state index in [1.54, 1.807) is 0 Å². The molecule has 0 aromatic heterocycles. The zero-order valence-corrected chi connectivity index (χ0v) is 19.0. The molecule has 31 heavy (non-hydrogen) atoms. The summed E-state index contributed by atoms with van der Waals surface area (Å²) < 4.78 is 0. The fourth-order valence-electron chi connectivity index (χ4n) is 4.95. The number of aryl methyl sites for hydroxylation is 1. The first kappa shape index (κ1) is 21.7. The predicted molar refractivity (Wildman–Crippen MR) is 133 cm³/mol. The third-order valence-corrected chi connectivity index (χ3v) is 7.40. The van der Waals surface area contributed by atoms with Crippen LogP contribution in [0.4, 0.5) is 0 Å². The van der Waals surface area contributed by atoms with Crippen LogP contribution in [0.2, 0.25) is 0 Å². The van der Waals surface area contributed by atoms with Gasteiger partial charge in [0.1, 0.15) is 5.84 Å². The maximum absolute atomic E-state index is 4.20. The third kappa shape index (κ3) is 5.23. The first-order valence-corrected chi connectivity index (χ1v) is 12.0. The van der Waals surface area contributed by atoms with E-state index in [0.29, 0.717) is 5.84 Å². The quantitative estimate of drug-likeness (QED) is 0.232. The zero-order chi connectivity index (χ0) is 21.5. The molecule has 2 aromatic carbocycles. The zero-order valence-electron chi connectivity index (χ0n) is 19.0. The molecule has 2 heteroatoms. The topological polar surface area (TPSA) is 24.7 Å². The maximum Gasteiger partial charge on any atom is 0.124 e. The Hall–Kier alpha value is -2.48. The lowest BCUT2D eigenvalue weighted by Gasteiger charge is -2.43. The summed E-state index contributed by atoms with van der Waals surface area (Å²) in [5, 5.41) is 0. The Bertz CT molecular complexity index is 910. The van der Waals surface area contributed by atoms with Crippen LogP contribution < -0.4 is 0 Å². The lowest BCUT2D eigenvalue weighted by molar-refractivity contribution is 0.301. The van der Waals surface area contributed by atoms with Crippen molar-refractivity contribution in [2.45, 2.75) is 76.5 Å². The number of aliphatic imine (C=N–C) groups is 2. The van der Waals surface area contributed by atoms with Gasteiger partial charge in [-0.05, 0) is 80.3 Å². The highest BCUT2D eigenvalue weighted by atomic mass is 14.9. The summed E-state index contributed by atoms with van der Waals surface area (Å²) in [6, 6.07) is 19.1. The first-order chi connectivity index (χ1) is 15.2. The van der Waals surface area contributed by atoms with Gasteiger partial charge in [-0.2, -0.15) is 0 Å². The van der Waals surface area contributed by atoms with Gasteiger partial charge in [-0.25, -0.2) is 9.98 Å². The fraction of sp³-hybridized carbons (Fsp3) is 0.448. The summed E-state index contributed by atoms with van der Waals surface area (Å²) in [4.78, 5) is 7.99. The van der Waals surface area contributed by atoms with Crippen LogP contribution in [0.25, 0.3) is 0 Å². The van der Waals surface area contributed by atoms with E-state index in [2.05, 4.69) is 71.3 Å². The number of nitrogens with zero attached hydrogens (tertiary/aromatic N) is 2. The van der Waals surface area contributed by atoms with Crippen LogP contribution >= 0.6 is 0 Å². The van der Waals surface area contributed by atoms with Crippen LogP contribution in [0.1, 0.15) is 80.5 Å². The van der Waals surface area contributed by atoms with E-state index in [4.69, 9.17) is 0 Å². The molecule has 2 aliphatic carbocycles. The number of unbranched alkanes of at least 4 members (excludes halogenated alkanes) is 1. The Kier molecular flexibility index (Phi) is 7.17. The highest BCUT2D eigenvalue weighted by molar-refractivity contribution is 5.84. The standard InChI is InChI=1S/C29H36N2/c1-23(30-2)31-21-5-3-4-8-24-11-15-27(16-12-24)29(19-7-20-29)28-17-13-26(14-18-28)22-25-9-6-10-25/h5,11-18,21,25H,2-4,6-10,19-20,22H2,1H3/b21-5-,31-23-. The van der Waals surface area contributed by atoms with Gasteiger partial charge in [0.05, 0.1) is 0 Å². The number of allylic oxidation sites excluding steroid dienone is 1. The Morgan fingerprint density at radius 3 is 2.13 bits per heavy atom. The Balaban J connectivity index is 1.35. The molecule has 4 rings (SSSR count). The average Bonchev–Trinajstić information content (AvgIpc) is 2.74. The molecule has 2 nitrogen and oxygen atoms in total. The second-order valence-corrected chi connectivity index (χ2v) is 9.44. The molecule has 0 saturated heterocycles. The molecule has 2 aliphatic rings. The normalized spacial score (nSPS) is 18.5. The second kappa shape index (κ2) is 10.2. The van der Waals surface area contributed by atoms with Gasteiger partial charge >= 0.3 is 0 Å². The molecule has 0 spiro atoms. The lowest BCUT2D eigenvalue weighted by Crippen LogP contribution is -2.35. The Morgan fingerprint density at radius 1 is 0.968 bits per heavy atom.